The van der Waals surface area contributed by atoms with Crippen LogP contribution in [0.4, 0.5) is 5.82 Å². The highest BCUT2D eigenvalue weighted by molar-refractivity contribution is 5.77. The maximum atomic E-state index is 12.7. The Morgan fingerprint density at radius 3 is 2.58 bits per heavy atom. The number of hydrogen-bond acceptors (Lipinski definition) is 6. The Morgan fingerprint density at radius 2 is 1.81 bits per heavy atom. The van der Waals surface area contributed by atoms with E-state index in [9.17, 15) is 4.79 Å². The minimum Gasteiger partial charge on any atom is -0.420 e. The first-order valence-electron chi connectivity index (χ1n) is 11.1. The van der Waals surface area contributed by atoms with Crippen molar-refractivity contribution in [2.45, 2.75) is 38.0 Å². The van der Waals surface area contributed by atoms with Crippen molar-refractivity contribution in [2.24, 2.45) is 0 Å². The summed E-state index contributed by atoms with van der Waals surface area (Å²) in [4.78, 5) is 21.4. The molecule has 7 nitrogen and oxygen atoms in total. The highest BCUT2D eigenvalue weighted by atomic mass is 16.4. The molecule has 0 spiro atoms. The second kappa shape index (κ2) is 8.88. The van der Waals surface area contributed by atoms with E-state index < -0.39 is 0 Å². The molecule has 1 saturated heterocycles. The number of amides is 1. The molecule has 3 heterocycles. The van der Waals surface area contributed by atoms with Gasteiger partial charge in [-0.25, -0.2) is 4.98 Å². The summed E-state index contributed by atoms with van der Waals surface area (Å²) in [6, 6.07) is 14.2. The van der Waals surface area contributed by atoms with Crippen LogP contribution in [0.1, 0.15) is 43.1 Å². The molecule has 2 aliphatic rings. The minimum atomic E-state index is 0.239. The van der Waals surface area contributed by atoms with Gasteiger partial charge in [0.05, 0.1) is 5.56 Å². The van der Waals surface area contributed by atoms with Crippen molar-refractivity contribution in [2.75, 3.05) is 31.1 Å². The molecule has 2 fully saturated rings. The van der Waals surface area contributed by atoms with Gasteiger partial charge in [0.15, 0.2) is 0 Å². The van der Waals surface area contributed by atoms with Crippen LogP contribution >= 0.6 is 0 Å². The molecule has 0 bridgehead atoms. The molecule has 1 aliphatic carbocycles. The van der Waals surface area contributed by atoms with E-state index in [0.29, 0.717) is 31.3 Å². The summed E-state index contributed by atoms with van der Waals surface area (Å²) >= 11 is 0. The Labute approximate surface area is 182 Å². The summed E-state index contributed by atoms with van der Waals surface area (Å²) in [7, 11) is 0. The molecule has 7 heteroatoms. The number of pyridine rings is 1. The average Bonchev–Trinajstić information content (AvgIpc) is 3.56. The molecule has 1 aromatic carbocycles. The summed E-state index contributed by atoms with van der Waals surface area (Å²) in [5.41, 5.74) is 2.15. The first-order valence-corrected chi connectivity index (χ1v) is 11.1. The maximum Gasteiger partial charge on any atom is 0.251 e. The zero-order valence-electron chi connectivity index (χ0n) is 17.6. The predicted molar refractivity (Wildman–Crippen MR) is 118 cm³/mol. The lowest BCUT2D eigenvalue weighted by Crippen LogP contribution is -2.49. The molecule has 160 valence electrons. The van der Waals surface area contributed by atoms with Crippen molar-refractivity contribution in [1.82, 2.24) is 20.1 Å². The Hall–Kier alpha value is -3.22. The fourth-order valence-corrected chi connectivity index (χ4v) is 4.07. The van der Waals surface area contributed by atoms with Crippen LogP contribution in [0.3, 0.4) is 0 Å². The maximum absolute atomic E-state index is 12.7. The zero-order chi connectivity index (χ0) is 21.0. The van der Waals surface area contributed by atoms with Crippen molar-refractivity contribution in [1.29, 1.82) is 0 Å². The fraction of sp³-hybridized carbons (Fsp3) is 0.417. The smallest absolute Gasteiger partial charge is 0.251 e. The topological polar surface area (TPSA) is 75.4 Å². The number of rotatable bonds is 7. The van der Waals surface area contributed by atoms with Crippen molar-refractivity contribution >= 4 is 11.7 Å². The molecule has 0 N–H and O–H groups in total. The average molecular weight is 418 g/mol. The highest BCUT2D eigenvalue weighted by Gasteiger charge is 2.30. The lowest BCUT2D eigenvalue weighted by Gasteiger charge is -2.36. The molecule has 0 atom stereocenters. The van der Waals surface area contributed by atoms with Gasteiger partial charge in [0.1, 0.15) is 5.82 Å². The van der Waals surface area contributed by atoms with Crippen molar-refractivity contribution in [3.63, 3.8) is 0 Å². The standard InChI is InChI=1S/C24H27N5O2/c30-21(10-4-8-18-6-2-1-3-7-18)28-14-16-29(17-15-28)22-20(9-5-13-25-22)24-27-26-23(31-24)19-11-12-19/h1-3,5-7,9,13,19H,4,8,10-12,14-17H2. The molecule has 1 saturated carbocycles. The van der Waals surface area contributed by atoms with Crippen LogP contribution in [0.5, 0.6) is 0 Å². The third-order valence-electron chi connectivity index (χ3n) is 6.02. The Balaban J connectivity index is 1.17. The van der Waals surface area contributed by atoms with Crippen LogP contribution in [0.2, 0.25) is 0 Å². The van der Waals surface area contributed by atoms with Crippen LogP contribution in [-0.4, -0.2) is 52.2 Å². The second-order valence-corrected chi connectivity index (χ2v) is 8.30. The molecule has 3 aromatic rings. The Bertz CT molecular complexity index is 1020. The molecule has 1 amide bonds. The second-order valence-electron chi connectivity index (χ2n) is 8.30. The van der Waals surface area contributed by atoms with E-state index in [-0.39, 0.29) is 5.91 Å². The molecule has 0 radical (unpaired) electrons. The van der Waals surface area contributed by atoms with Gasteiger partial charge in [-0.15, -0.1) is 10.2 Å². The predicted octanol–water partition coefficient (Wildman–Crippen LogP) is 3.68. The van der Waals surface area contributed by atoms with Gasteiger partial charge in [-0.3, -0.25) is 4.79 Å². The largest absolute Gasteiger partial charge is 0.420 e. The number of piperazine rings is 1. The summed E-state index contributed by atoms with van der Waals surface area (Å²) in [6.45, 7) is 2.91. The van der Waals surface area contributed by atoms with Gasteiger partial charge in [0.2, 0.25) is 11.8 Å². The highest BCUT2D eigenvalue weighted by Crippen LogP contribution is 2.40. The number of hydrogen-bond donors (Lipinski definition) is 0. The van der Waals surface area contributed by atoms with Crippen LogP contribution < -0.4 is 4.90 Å². The summed E-state index contributed by atoms with van der Waals surface area (Å²) in [5.74, 6) is 2.78. The minimum absolute atomic E-state index is 0.239. The number of carbonyl (C=O) groups is 1. The Kier molecular flexibility index (Phi) is 5.65. The van der Waals surface area contributed by atoms with Gasteiger partial charge < -0.3 is 14.2 Å². The zero-order valence-corrected chi connectivity index (χ0v) is 17.6. The van der Waals surface area contributed by atoms with Gasteiger partial charge in [-0.2, -0.15) is 0 Å². The number of anilines is 1. The molecular formula is C24H27N5O2. The number of carbonyl (C=O) groups excluding carboxylic acids is 1. The van der Waals surface area contributed by atoms with E-state index in [1.54, 1.807) is 6.20 Å². The van der Waals surface area contributed by atoms with Crippen LogP contribution in [-0.2, 0) is 11.2 Å². The molecule has 1 aliphatic heterocycles. The SMILES string of the molecule is O=C(CCCc1ccccc1)N1CCN(c2ncccc2-c2nnc(C3CC3)o2)CC1. The molecule has 0 unspecified atom stereocenters. The van der Waals surface area contributed by atoms with Crippen LogP contribution in [0.25, 0.3) is 11.5 Å². The lowest BCUT2D eigenvalue weighted by atomic mass is 10.1. The molecule has 31 heavy (non-hydrogen) atoms. The third-order valence-corrected chi connectivity index (χ3v) is 6.02. The van der Waals surface area contributed by atoms with Crippen LogP contribution in [0, 0.1) is 0 Å². The molecule has 5 rings (SSSR count). The van der Waals surface area contributed by atoms with Crippen molar-refractivity contribution in [3.8, 4) is 11.5 Å². The van der Waals surface area contributed by atoms with Crippen molar-refractivity contribution < 1.29 is 9.21 Å². The molecular weight excluding hydrogens is 390 g/mol. The number of nitrogens with zero attached hydrogens (tertiary/aromatic N) is 5. The normalized spacial score (nSPS) is 16.5. The number of aryl methyl sites for hydroxylation is 1. The van der Waals surface area contributed by atoms with Crippen LogP contribution in [0.15, 0.2) is 53.1 Å². The van der Waals surface area contributed by atoms with E-state index in [4.69, 9.17) is 4.42 Å². The first kappa shape index (κ1) is 19.7. The monoisotopic (exact) mass is 417 g/mol. The first-order chi connectivity index (χ1) is 15.3. The third kappa shape index (κ3) is 4.60. The number of benzene rings is 1. The van der Waals surface area contributed by atoms with E-state index in [0.717, 1.165) is 56.0 Å². The fourth-order valence-electron chi connectivity index (χ4n) is 4.07. The number of aromatic nitrogens is 3. The van der Waals surface area contributed by atoms with Gasteiger partial charge in [0, 0.05) is 44.7 Å². The van der Waals surface area contributed by atoms with E-state index in [1.165, 1.54) is 5.56 Å². The van der Waals surface area contributed by atoms with Gasteiger partial charge in [-0.05, 0) is 43.4 Å². The molecule has 2 aromatic heterocycles. The van der Waals surface area contributed by atoms with Gasteiger partial charge >= 0.3 is 0 Å². The lowest BCUT2D eigenvalue weighted by molar-refractivity contribution is -0.131. The van der Waals surface area contributed by atoms with E-state index >= 15 is 0 Å². The summed E-state index contributed by atoms with van der Waals surface area (Å²) in [5, 5.41) is 8.47. The van der Waals surface area contributed by atoms with Crippen molar-refractivity contribution in [3.05, 3.63) is 60.1 Å². The summed E-state index contributed by atoms with van der Waals surface area (Å²) < 4.78 is 5.91. The van der Waals surface area contributed by atoms with E-state index in [2.05, 4.69) is 32.2 Å². The van der Waals surface area contributed by atoms with E-state index in [1.807, 2.05) is 35.2 Å². The van der Waals surface area contributed by atoms with Gasteiger partial charge in [-0.1, -0.05) is 30.3 Å². The summed E-state index contributed by atoms with van der Waals surface area (Å²) in [6.07, 6.45) is 6.46. The Morgan fingerprint density at radius 1 is 1.00 bits per heavy atom. The quantitative estimate of drug-likeness (QED) is 0.584. The van der Waals surface area contributed by atoms with Gasteiger partial charge in [0.25, 0.3) is 5.89 Å².